The third-order valence-electron chi connectivity index (χ3n) is 5.43. The highest BCUT2D eigenvalue weighted by Crippen LogP contribution is 2.31. The molecular formula is C27H27F3N2O3. The summed E-state index contributed by atoms with van der Waals surface area (Å²) >= 11 is 0. The fourth-order valence-electron chi connectivity index (χ4n) is 3.49. The third kappa shape index (κ3) is 7.40. The number of hydrogen-bond acceptors (Lipinski definition) is 4. The maximum atomic E-state index is 12.8. The Hall–Kier alpha value is -3.68. The van der Waals surface area contributed by atoms with E-state index in [1.165, 1.54) is 12.1 Å². The van der Waals surface area contributed by atoms with Gasteiger partial charge in [-0.05, 0) is 54.8 Å². The number of carbonyl (C=O) groups is 2. The molecule has 8 heteroatoms. The van der Waals surface area contributed by atoms with Gasteiger partial charge in [0.2, 0.25) is 0 Å². The van der Waals surface area contributed by atoms with Gasteiger partial charge >= 0.3 is 6.18 Å². The van der Waals surface area contributed by atoms with Crippen LogP contribution in [0.5, 0.6) is 5.75 Å². The van der Waals surface area contributed by atoms with E-state index in [2.05, 4.69) is 17.2 Å². The summed E-state index contributed by atoms with van der Waals surface area (Å²) < 4.78 is 44.5. The molecule has 0 aliphatic heterocycles. The molecule has 0 spiro atoms. The molecule has 2 aromatic carbocycles. The molecule has 0 fully saturated rings. The maximum absolute atomic E-state index is 12.8. The number of rotatable bonds is 11. The Bertz CT molecular complexity index is 1100. The lowest BCUT2D eigenvalue weighted by Crippen LogP contribution is -2.24. The quantitative estimate of drug-likeness (QED) is 0.253. The summed E-state index contributed by atoms with van der Waals surface area (Å²) in [5.74, 6) is 0.296. The van der Waals surface area contributed by atoms with Crippen LogP contribution in [0.2, 0.25) is 0 Å². The molecule has 1 unspecified atom stereocenters. The topological polar surface area (TPSA) is 68.3 Å². The van der Waals surface area contributed by atoms with Crippen molar-refractivity contribution in [2.45, 2.75) is 44.9 Å². The number of unbranched alkanes of at least 4 members (excludes halogenated alkanes) is 1. The predicted molar refractivity (Wildman–Crippen MR) is 127 cm³/mol. The van der Waals surface area contributed by atoms with Gasteiger partial charge in [-0.15, -0.1) is 0 Å². The summed E-state index contributed by atoms with van der Waals surface area (Å²) in [5.41, 5.74) is 1.82. The number of benzene rings is 2. The molecule has 0 aliphatic rings. The zero-order chi connectivity index (χ0) is 25.3. The van der Waals surface area contributed by atoms with Gasteiger partial charge in [-0.1, -0.05) is 37.6 Å². The number of ether oxygens (including phenoxy) is 1. The summed E-state index contributed by atoms with van der Waals surface area (Å²) in [4.78, 5) is 26.9. The van der Waals surface area contributed by atoms with Crippen LogP contribution in [0.4, 0.5) is 13.2 Å². The van der Waals surface area contributed by atoms with E-state index in [1.807, 2.05) is 12.1 Å². The van der Waals surface area contributed by atoms with E-state index in [9.17, 15) is 22.8 Å². The van der Waals surface area contributed by atoms with Gasteiger partial charge in [0.15, 0.2) is 0 Å². The number of alkyl halides is 3. The SMILES string of the molecule is CCCCC(Oc1ccc(-c2ccc(C(F)(F)F)cc2)nc1)c1ccc(C(=O)NCCC=O)cc1. The van der Waals surface area contributed by atoms with E-state index < -0.39 is 11.7 Å². The Labute approximate surface area is 202 Å². The van der Waals surface area contributed by atoms with Crippen LogP contribution in [0.1, 0.15) is 60.2 Å². The monoisotopic (exact) mass is 484 g/mol. The normalized spacial score (nSPS) is 12.1. The molecule has 3 rings (SSSR count). The zero-order valence-corrected chi connectivity index (χ0v) is 19.3. The second-order valence-corrected chi connectivity index (χ2v) is 8.04. The number of pyridine rings is 1. The highest BCUT2D eigenvalue weighted by atomic mass is 19.4. The van der Waals surface area contributed by atoms with Gasteiger partial charge in [-0.3, -0.25) is 9.78 Å². The number of amides is 1. The van der Waals surface area contributed by atoms with Crippen molar-refractivity contribution in [2.24, 2.45) is 0 Å². The Morgan fingerprint density at radius 2 is 1.77 bits per heavy atom. The average molecular weight is 485 g/mol. The van der Waals surface area contributed by atoms with Crippen LogP contribution in [-0.2, 0) is 11.0 Å². The molecule has 0 radical (unpaired) electrons. The number of aldehydes is 1. The molecule has 0 saturated carbocycles. The molecule has 0 bridgehead atoms. The van der Waals surface area contributed by atoms with Crippen molar-refractivity contribution >= 4 is 12.2 Å². The lowest BCUT2D eigenvalue weighted by atomic mass is 10.0. The molecule has 0 saturated heterocycles. The molecule has 1 heterocycles. The number of aromatic nitrogens is 1. The van der Waals surface area contributed by atoms with Gasteiger partial charge in [0.1, 0.15) is 18.1 Å². The van der Waals surface area contributed by atoms with E-state index in [-0.39, 0.29) is 18.4 Å². The molecule has 184 valence electrons. The Balaban J connectivity index is 1.70. The molecule has 0 aliphatic carbocycles. The molecule has 5 nitrogen and oxygen atoms in total. The van der Waals surface area contributed by atoms with Crippen molar-refractivity contribution in [1.82, 2.24) is 10.3 Å². The smallest absolute Gasteiger partial charge is 0.416 e. The van der Waals surface area contributed by atoms with Crippen LogP contribution >= 0.6 is 0 Å². The number of nitrogens with one attached hydrogen (secondary N) is 1. The largest absolute Gasteiger partial charge is 0.484 e. The fraction of sp³-hybridized carbons (Fsp3) is 0.296. The summed E-state index contributed by atoms with van der Waals surface area (Å²) in [6, 6.07) is 15.5. The van der Waals surface area contributed by atoms with E-state index in [0.717, 1.165) is 43.2 Å². The number of halogens is 3. The molecule has 35 heavy (non-hydrogen) atoms. The highest BCUT2D eigenvalue weighted by molar-refractivity contribution is 5.94. The van der Waals surface area contributed by atoms with E-state index in [4.69, 9.17) is 4.74 Å². The van der Waals surface area contributed by atoms with Gasteiger partial charge in [-0.2, -0.15) is 13.2 Å². The second kappa shape index (κ2) is 12.1. The van der Waals surface area contributed by atoms with Crippen molar-refractivity contribution in [1.29, 1.82) is 0 Å². The molecule has 1 aromatic heterocycles. The van der Waals surface area contributed by atoms with E-state index in [1.54, 1.807) is 30.5 Å². The lowest BCUT2D eigenvalue weighted by molar-refractivity contribution is -0.137. The first-order valence-electron chi connectivity index (χ1n) is 11.4. The van der Waals surface area contributed by atoms with Gasteiger partial charge in [0, 0.05) is 24.1 Å². The minimum atomic E-state index is -4.38. The Kier molecular flexibility index (Phi) is 9.00. The molecule has 1 N–H and O–H groups in total. The first-order valence-corrected chi connectivity index (χ1v) is 11.4. The number of nitrogens with zero attached hydrogens (tertiary/aromatic N) is 1. The van der Waals surface area contributed by atoms with Crippen LogP contribution in [-0.4, -0.2) is 23.7 Å². The number of hydrogen-bond donors (Lipinski definition) is 1. The third-order valence-corrected chi connectivity index (χ3v) is 5.43. The van der Waals surface area contributed by atoms with Crippen LogP contribution in [0.25, 0.3) is 11.3 Å². The van der Waals surface area contributed by atoms with E-state index in [0.29, 0.717) is 29.1 Å². The van der Waals surface area contributed by atoms with Gasteiger partial charge in [0.25, 0.3) is 5.91 Å². The van der Waals surface area contributed by atoms with Crippen molar-refractivity contribution in [2.75, 3.05) is 6.54 Å². The van der Waals surface area contributed by atoms with Crippen LogP contribution in [0.15, 0.2) is 66.9 Å². The predicted octanol–water partition coefficient (Wildman–Crippen LogP) is 6.40. The highest BCUT2D eigenvalue weighted by Gasteiger charge is 2.30. The second-order valence-electron chi connectivity index (χ2n) is 8.04. The van der Waals surface area contributed by atoms with Crippen LogP contribution in [0, 0.1) is 0 Å². The maximum Gasteiger partial charge on any atom is 0.416 e. The van der Waals surface area contributed by atoms with Gasteiger partial charge in [-0.25, -0.2) is 0 Å². The van der Waals surface area contributed by atoms with Crippen molar-refractivity contribution in [3.8, 4) is 17.0 Å². The first kappa shape index (κ1) is 25.9. The van der Waals surface area contributed by atoms with Crippen LogP contribution in [0.3, 0.4) is 0 Å². The minimum absolute atomic E-state index is 0.243. The standard InChI is InChI=1S/C27H27F3N2O3/c1-2-3-5-25(20-6-8-21(9-7-20)26(34)31-16-4-17-33)35-23-14-15-24(32-18-23)19-10-12-22(13-11-19)27(28,29)30/h6-15,17-18,25H,2-5,16H2,1H3,(H,31,34). The lowest BCUT2D eigenvalue weighted by Gasteiger charge is -2.20. The van der Waals surface area contributed by atoms with Crippen molar-refractivity contribution < 1.29 is 27.5 Å². The fourth-order valence-corrected chi connectivity index (χ4v) is 3.49. The Morgan fingerprint density at radius 3 is 2.34 bits per heavy atom. The summed E-state index contributed by atoms with van der Waals surface area (Å²) in [6.45, 7) is 2.38. The minimum Gasteiger partial charge on any atom is -0.484 e. The molecule has 3 aromatic rings. The van der Waals surface area contributed by atoms with Crippen molar-refractivity contribution in [3.05, 3.63) is 83.6 Å². The zero-order valence-electron chi connectivity index (χ0n) is 19.3. The molecule has 1 atom stereocenters. The summed E-state index contributed by atoms with van der Waals surface area (Å²) in [7, 11) is 0. The van der Waals surface area contributed by atoms with Crippen molar-refractivity contribution in [3.63, 3.8) is 0 Å². The van der Waals surface area contributed by atoms with Crippen LogP contribution < -0.4 is 10.1 Å². The molecule has 1 amide bonds. The molecular weight excluding hydrogens is 457 g/mol. The first-order chi connectivity index (χ1) is 16.8. The van der Waals surface area contributed by atoms with Gasteiger partial charge < -0.3 is 14.8 Å². The average Bonchev–Trinajstić information content (AvgIpc) is 2.87. The van der Waals surface area contributed by atoms with Gasteiger partial charge in [0.05, 0.1) is 17.5 Å². The Morgan fingerprint density at radius 1 is 1.06 bits per heavy atom. The number of carbonyl (C=O) groups excluding carboxylic acids is 2. The summed E-state index contributed by atoms with van der Waals surface area (Å²) in [6.07, 6.45) is 0.642. The van der Waals surface area contributed by atoms with E-state index >= 15 is 0 Å². The summed E-state index contributed by atoms with van der Waals surface area (Å²) in [5, 5.41) is 2.69.